The molecule has 0 saturated carbocycles. The smallest absolute Gasteiger partial charge is 0.225 e. The van der Waals surface area contributed by atoms with Crippen molar-refractivity contribution >= 4 is 17.5 Å². The Bertz CT molecular complexity index is 932. The van der Waals surface area contributed by atoms with E-state index in [1.54, 1.807) is 24.4 Å². The number of pyridine rings is 1. The van der Waals surface area contributed by atoms with Crippen LogP contribution in [0.4, 0.5) is 30.6 Å². The minimum absolute atomic E-state index is 0.141. The van der Waals surface area contributed by atoms with Crippen molar-refractivity contribution in [3.8, 4) is 11.4 Å². The van der Waals surface area contributed by atoms with Gasteiger partial charge in [0.2, 0.25) is 5.95 Å². The highest BCUT2D eigenvalue weighted by Crippen LogP contribution is 2.27. The van der Waals surface area contributed by atoms with E-state index in [9.17, 15) is 13.2 Å². The van der Waals surface area contributed by atoms with Crippen LogP contribution < -0.4 is 10.6 Å². The summed E-state index contributed by atoms with van der Waals surface area (Å²) in [6.07, 6.45) is 1.61. The zero-order valence-corrected chi connectivity index (χ0v) is 15.0. The molecule has 2 aromatic heterocycles. The minimum Gasteiger partial charge on any atom is -0.350 e. The van der Waals surface area contributed by atoms with Crippen LogP contribution in [0.1, 0.15) is 20.8 Å². The van der Waals surface area contributed by atoms with Crippen LogP contribution in [0.2, 0.25) is 0 Å². The number of nitrogens with zero attached hydrogens (tertiary/aromatic N) is 3. The molecule has 0 aliphatic rings. The molecule has 0 amide bonds. The van der Waals surface area contributed by atoms with Gasteiger partial charge in [0.1, 0.15) is 17.3 Å². The lowest BCUT2D eigenvalue weighted by Gasteiger charge is -2.21. The van der Waals surface area contributed by atoms with Crippen molar-refractivity contribution in [1.82, 2.24) is 15.0 Å². The summed E-state index contributed by atoms with van der Waals surface area (Å²) in [7, 11) is 0. The Kier molecular flexibility index (Phi) is 4.98. The molecule has 3 aromatic rings. The first kappa shape index (κ1) is 18.6. The predicted molar refractivity (Wildman–Crippen MR) is 98.2 cm³/mol. The van der Waals surface area contributed by atoms with Gasteiger partial charge in [0.15, 0.2) is 11.6 Å². The number of hydrogen-bond acceptors (Lipinski definition) is 5. The van der Waals surface area contributed by atoms with Gasteiger partial charge in [-0.25, -0.2) is 18.2 Å². The van der Waals surface area contributed by atoms with E-state index in [-0.39, 0.29) is 17.3 Å². The average Bonchev–Trinajstić information content (AvgIpc) is 2.57. The van der Waals surface area contributed by atoms with Crippen molar-refractivity contribution in [2.45, 2.75) is 26.3 Å². The molecular weight excluding hydrogens is 355 g/mol. The van der Waals surface area contributed by atoms with Crippen LogP contribution in [0.5, 0.6) is 0 Å². The first-order chi connectivity index (χ1) is 12.7. The van der Waals surface area contributed by atoms with Crippen molar-refractivity contribution < 1.29 is 13.2 Å². The van der Waals surface area contributed by atoms with Gasteiger partial charge in [0.05, 0.1) is 11.4 Å². The molecule has 140 valence electrons. The molecule has 0 saturated heterocycles. The quantitative estimate of drug-likeness (QED) is 0.680. The number of rotatable bonds is 4. The zero-order chi connectivity index (χ0) is 19.6. The number of anilines is 3. The maximum Gasteiger partial charge on any atom is 0.225 e. The molecule has 0 bridgehead atoms. The summed E-state index contributed by atoms with van der Waals surface area (Å²) in [5, 5.41) is 5.69. The SMILES string of the molecule is CC(C)(C)Nc1nc(Nc2c(F)cc(F)cc2F)cc(-c2ccccn2)n1. The van der Waals surface area contributed by atoms with Crippen molar-refractivity contribution in [3.05, 3.63) is 60.0 Å². The number of halogens is 3. The molecular formula is C19H18F3N5. The second-order valence-corrected chi connectivity index (χ2v) is 6.92. The molecule has 0 fully saturated rings. The van der Waals surface area contributed by atoms with Crippen LogP contribution in [-0.2, 0) is 0 Å². The number of nitrogens with one attached hydrogen (secondary N) is 2. The second kappa shape index (κ2) is 7.22. The first-order valence-electron chi connectivity index (χ1n) is 8.21. The van der Waals surface area contributed by atoms with E-state index in [4.69, 9.17) is 0 Å². The number of benzene rings is 1. The fraction of sp³-hybridized carbons (Fsp3) is 0.211. The molecule has 2 heterocycles. The second-order valence-electron chi connectivity index (χ2n) is 6.92. The van der Waals surface area contributed by atoms with Gasteiger partial charge >= 0.3 is 0 Å². The summed E-state index contributed by atoms with van der Waals surface area (Å²) >= 11 is 0. The third-order valence-electron chi connectivity index (χ3n) is 3.40. The van der Waals surface area contributed by atoms with Crippen LogP contribution in [0.25, 0.3) is 11.4 Å². The Morgan fingerprint density at radius 2 is 1.59 bits per heavy atom. The Balaban J connectivity index is 2.05. The van der Waals surface area contributed by atoms with E-state index >= 15 is 0 Å². The summed E-state index contributed by atoms with van der Waals surface area (Å²) in [6.45, 7) is 5.78. The normalized spacial score (nSPS) is 11.3. The third kappa shape index (κ3) is 4.72. The van der Waals surface area contributed by atoms with E-state index < -0.39 is 23.1 Å². The largest absolute Gasteiger partial charge is 0.350 e. The molecule has 0 aliphatic carbocycles. The lowest BCUT2D eigenvalue weighted by molar-refractivity contribution is 0.548. The van der Waals surface area contributed by atoms with Crippen molar-refractivity contribution in [1.29, 1.82) is 0 Å². The van der Waals surface area contributed by atoms with Gasteiger partial charge < -0.3 is 10.6 Å². The maximum atomic E-state index is 14.0. The van der Waals surface area contributed by atoms with Gasteiger partial charge in [-0.15, -0.1) is 0 Å². The molecule has 0 spiro atoms. The molecule has 27 heavy (non-hydrogen) atoms. The fourth-order valence-corrected chi connectivity index (χ4v) is 2.34. The molecule has 2 N–H and O–H groups in total. The number of hydrogen-bond donors (Lipinski definition) is 2. The van der Waals surface area contributed by atoms with Crippen LogP contribution >= 0.6 is 0 Å². The molecule has 8 heteroatoms. The summed E-state index contributed by atoms with van der Waals surface area (Å²) in [5.74, 6) is -2.72. The molecule has 0 atom stereocenters. The van der Waals surface area contributed by atoms with Crippen LogP contribution in [-0.4, -0.2) is 20.5 Å². The summed E-state index contributed by atoms with van der Waals surface area (Å²) < 4.78 is 41.1. The van der Waals surface area contributed by atoms with Crippen molar-refractivity contribution in [3.63, 3.8) is 0 Å². The molecule has 1 aromatic carbocycles. The Morgan fingerprint density at radius 3 is 2.19 bits per heavy atom. The molecule has 0 radical (unpaired) electrons. The number of aromatic nitrogens is 3. The minimum atomic E-state index is -1.06. The monoisotopic (exact) mass is 373 g/mol. The van der Waals surface area contributed by atoms with Gasteiger partial charge in [-0.05, 0) is 32.9 Å². The van der Waals surface area contributed by atoms with Gasteiger partial charge in [-0.1, -0.05) is 6.07 Å². The van der Waals surface area contributed by atoms with Gasteiger partial charge in [0.25, 0.3) is 0 Å². The Morgan fingerprint density at radius 1 is 0.889 bits per heavy atom. The topological polar surface area (TPSA) is 62.7 Å². The zero-order valence-electron chi connectivity index (χ0n) is 15.0. The predicted octanol–water partition coefficient (Wildman–Crippen LogP) is 4.91. The maximum absolute atomic E-state index is 14.0. The summed E-state index contributed by atoms with van der Waals surface area (Å²) in [5.41, 5.74) is 0.193. The fourth-order valence-electron chi connectivity index (χ4n) is 2.34. The van der Waals surface area contributed by atoms with E-state index in [0.29, 0.717) is 23.5 Å². The highest BCUT2D eigenvalue weighted by molar-refractivity contribution is 5.66. The average molecular weight is 373 g/mol. The summed E-state index contributed by atoms with van der Waals surface area (Å²) in [4.78, 5) is 12.9. The highest BCUT2D eigenvalue weighted by Gasteiger charge is 2.17. The van der Waals surface area contributed by atoms with Gasteiger partial charge in [0, 0.05) is 29.9 Å². The van der Waals surface area contributed by atoms with Crippen molar-refractivity contribution in [2.24, 2.45) is 0 Å². The lowest BCUT2D eigenvalue weighted by Crippen LogP contribution is -2.27. The Hall–Kier alpha value is -3.16. The third-order valence-corrected chi connectivity index (χ3v) is 3.40. The Labute approximate surface area is 154 Å². The summed E-state index contributed by atoms with van der Waals surface area (Å²) in [6, 6.07) is 8.03. The van der Waals surface area contributed by atoms with Crippen LogP contribution in [0.15, 0.2) is 42.6 Å². The molecule has 5 nitrogen and oxygen atoms in total. The van der Waals surface area contributed by atoms with E-state index in [0.717, 1.165) is 0 Å². The van der Waals surface area contributed by atoms with E-state index in [1.165, 1.54) is 6.07 Å². The molecule has 3 rings (SSSR count). The van der Waals surface area contributed by atoms with Crippen LogP contribution in [0.3, 0.4) is 0 Å². The standard InChI is InChI=1S/C19H18F3N5/c1-19(2,3)27-18-24-15(14-6-4-5-7-23-14)10-16(26-18)25-17-12(21)8-11(20)9-13(17)22/h4-10H,1-3H3,(H2,24,25,26,27). The lowest BCUT2D eigenvalue weighted by atomic mass is 10.1. The van der Waals surface area contributed by atoms with Gasteiger partial charge in [-0.2, -0.15) is 4.98 Å². The highest BCUT2D eigenvalue weighted by atomic mass is 19.1. The van der Waals surface area contributed by atoms with Crippen molar-refractivity contribution in [2.75, 3.05) is 10.6 Å². The van der Waals surface area contributed by atoms with Crippen LogP contribution in [0, 0.1) is 17.5 Å². The van der Waals surface area contributed by atoms with Gasteiger partial charge in [-0.3, -0.25) is 4.98 Å². The molecule has 0 aliphatic heterocycles. The van der Waals surface area contributed by atoms with E-state index in [2.05, 4.69) is 25.6 Å². The van der Waals surface area contributed by atoms with E-state index in [1.807, 2.05) is 20.8 Å². The first-order valence-corrected chi connectivity index (χ1v) is 8.21. The molecule has 0 unspecified atom stereocenters.